The summed E-state index contributed by atoms with van der Waals surface area (Å²) >= 11 is 8.24. The van der Waals surface area contributed by atoms with Gasteiger partial charge in [-0.05, 0) is 29.3 Å². The third-order valence-corrected chi connectivity index (χ3v) is 4.97. The zero-order chi connectivity index (χ0) is 16.6. The van der Waals surface area contributed by atoms with Gasteiger partial charge in [-0.2, -0.15) is 13.2 Å². The monoisotopic (exact) mass is 377 g/mol. The predicted octanol–water partition coefficient (Wildman–Crippen LogP) is 3.94. The summed E-state index contributed by atoms with van der Waals surface area (Å²) in [5, 5.41) is 10.0. The number of nitrogens with two attached hydrogens (primary N) is 1. The average molecular weight is 378 g/mol. The van der Waals surface area contributed by atoms with Crippen molar-refractivity contribution >= 4 is 34.7 Å². The van der Waals surface area contributed by atoms with Gasteiger partial charge in [0, 0.05) is 6.20 Å². The van der Waals surface area contributed by atoms with E-state index in [-0.39, 0.29) is 15.2 Å². The Morgan fingerprint density at radius 2 is 2.09 bits per heavy atom. The van der Waals surface area contributed by atoms with Crippen LogP contribution in [0.3, 0.4) is 0 Å². The Hall–Kier alpha value is -1.78. The fourth-order valence-electron chi connectivity index (χ4n) is 1.66. The van der Waals surface area contributed by atoms with Gasteiger partial charge in [0.1, 0.15) is 5.03 Å². The number of nitrogens with zero attached hydrogens (tertiary/aromatic N) is 4. The molecule has 0 fully saturated rings. The van der Waals surface area contributed by atoms with Crippen molar-refractivity contribution in [1.29, 1.82) is 0 Å². The van der Waals surface area contributed by atoms with Crippen molar-refractivity contribution in [3.05, 3.63) is 40.4 Å². The fourth-order valence-corrected chi connectivity index (χ4v) is 3.35. The molecule has 0 aliphatic rings. The summed E-state index contributed by atoms with van der Waals surface area (Å²) in [6.07, 6.45) is -3.79. The average Bonchev–Trinajstić information content (AvgIpc) is 3.10. The van der Waals surface area contributed by atoms with Crippen LogP contribution in [0.15, 0.2) is 40.0 Å². The minimum Gasteiger partial charge on any atom is -0.335 e. The molecule has 0 saturated heterocycles. The molecule has 3 heterocycles. The summed E-state index contributed by atoms with van der Waals surface area (Å²) in [7, 11) is 0. The topological polar surface area (TPSA) is 69.6 Å². The first-order chi connectivity index (χ1) is 10.9. The van der Waals surface area contributed by atoms with Crippen molar-refractivity contribution in [1.82, 2.24) is 19.9 Å². The highest BCUT2D eigenvalue weighted by Crippen LogP contribution is 2.36. The first-order valence-corrected chi connectivity index (χ1v) is 8.08. The van der Waals surface area contributed by atoms with Gasteiger partial charge >= 0.3 is 6.18 Å². The third kappa shape index (κ3) is 3.28. The van der Waals surface area contributed by atoms with Gasteiger partial charge in [-0.1, -0.05) is 17.7 Å². The van der Waals surface area contributed by atoms with Gasteiger partial charge in [0.15, 0.2) is 5.82 Å². The second-order valence-corrected chi connectivity index (χ2v) is 6.58. The second-order valence-electron chi connectivity index (χ2n) is 4.26. The summed E-state index contributed by atoms with van der Waals surface area (Å²) in [5.74, 6) is 6.37. The van der Waals surface area contributed by atoms with E-state index < -0.39 is 11.7 Å². The largest absolute Gasteiger partial charge is 0.417 e. The summed E-state index contributed by atoms with van der Waals surface area (Å²) in [4.78, 5) is 4.55. The number of alkyl halides is 3. The van der Waals surface area contributed by atoms with Crippen molar-refractivity contribution in [2.75, 3.05) is 5.84 Å². The number of pyridine rings is 1. The van der Waals surface area contributed by atoms with E-state index in [4.69, 9.17) is 17.4 Å². The molecule has 0 radical (unpaired) electrons. The Labute approximate surface area is 141 Å². The number of aromatic nitrogens is 4. The minimum atomic E-state index is -4.50. The molecule has 0 bridgehead atoms. The highest BCUT2D eigenvalue weighted by Gasteiger charge is 2.31. The molecule has 3 aromatic heterocycles. The Balaban J connectivity index is 1.89. The van der Waals surface area contributed by atoms with Gasteiger partial charge in [0.2, 0.25) is 5.16 Å². The third-order valence-electron chi connectivity index (χ3n) is 2.73. The van der Waals surface area contributed by atoms with Crippen molar-refractivity contribution in [3.8, 4) is 10.7 Å². The van der Waals surface area contributed by atoms with Crippen LogP contribution < -0.4 is 5.84 Å². The van der Waals surface area contributed by atoms with Crippen LogP contribution in [0, 0.1) is 0 Å². The van der Waals surface area contributed by atoms with E-state index in [1.54, 1.807) is 0 Å². The van der Waals surface area contributed by atoms with Crippen LogP contribution in [0.2, 0.25) is 5.02 Å². The van der Waals surface area contributed by atoms with Gasteiger partial charge in [-0.25, -0.2) is 9.66 Å². The molecule has 2 N–H and O–H groups in total. The van der Waals surface area contributed by atoms with Gasteiger partial charge < -0.3 is 5.84 Å². The molecule has 23 heavy (non-hydrogen) atoms. The Morgan fingerprint density at radius 1 is 1.30 bits per heavy atom. The highest BCUT2D eigenvalue weighted by atomic mass is 35.5. The van der Waals surface area contributed by atoms with Crippen molar-refractivity contribution in [3.63, 3.8) is 0 Å². The Bertz CT molecular complexity index is 832. The fraction of sp³-hybridized carbons (Fsp3) is 0.0833. The smallest absolute Gasteiger partial charge is 0.335 e. The second kappa shape index (κ2) is 6.02. The number of hydrogen-bond donors (Lipinski definition) is 1. The number of hydrogen-bond acceptors (Lipinski definition) is 6. The minimum absolute atomic E-state index is 0.134. The zero-order valence-electron chi connectivity index (χ0n) is 11.1. The van der Waals surface area contributed by atoms with E-state index in [1.807, 2.05) is 17.5 Å². The van der Waals surface area contributed by atoms with Gasteiger partial charge in [-0.3, -0.25) is 0 Å². The molecule has 0 amide bonds. The molecule has 0 aliphatic carbocycles. The number of rotatable bonds is 3. The molecule has 0 spiro atoms. The molecule has 11 heteroatoms. The standard InChI is InChI=1S/C12H7ClF3N5S2/c13-7-4-6(12(14,15)16)5-18-10(7)23-11-20-19-9(21(11)17)8-2-1-3-22-8/h1-5H,17H2. The maximum absolute atomic E-state index is 12.6. The molecule has 0 aliphatic heterocycles. The molecular weight excluding hydrogens is 371 g/mol. The Kier molecular flexibility index (Phi) is 4.21. The summed E-state index contributed by atoms with van der Waals surface area (Å²) in [6, 6.07) is 4.49. The lowest BCUT2D eigenvalue weighted by Gasteiger charge is -2.08. The van der Waals surface area contributed by atoms with Crippen LogP contribution in [0.25, 0.3) is 10.7 Å². The maximum Gasteiger partial charge on any atom is 0.417 e. The Morgan fingerprint density at radius 3 is 2.70 bits per heavy atom. The van der Waals surface area contributed by atoms with Crippen LogP contribution in [0.1, 0.15) is 5.56 Å². The number of nitrogen functional groups attached to an aromatic ring is 1. The van der Waals surface area contributed by atoms with E-state index in [9.17, 15) is 13.2 Å². The van der Waals surface area contributed by atoms with Gasteiger partial charge in [0.25, 0.3) is 0 Å². The highest BCUT2D eigenvalue weighted by molar-refractivity contribution is 7.99. The van der Waals surface area contributed by atoms with Gasteiger partial charge in [-0.15, -0.1) is 21.5 Å². The van der Waals surface area contributed by atoms with Gasteiger partial charge in [0.05, 0.1) is 15.5 Å². The molecule has 120 valence electrons. The summed E-state index contributed by atoms with van der Waals surface area (Å²) in [5.41, 5.74) is -0.916. The van der Waals surface area contributed by atoms with E-state index in [0.717, 1.165) is 22.7 Å². The first kappa shape index (κ1) is 16.1. The summed E-state index contributed by atoms with van der Waals surface area (Å²) in [6.45, 7) is 0. The quantitative estimate of drug-likeness (QED) is 0.700. The SMILES string of the molecule is Nn1c(Sc2ncc(C(F)(F)F)cc2Cl)nnc1-c1cccs1. The van der Waals surface area contributed by atoms with E-state index in [0.29, 0.717) is 12.0 Å². The number of thiophene rings is 1. The number of halogens is 4. The predicted molar refractivity (Wildman–Crippen MR) is 81.9 cm³/mol. The van der Waals surface area contributed by atoms with E-state index >= 15 is 0 Å². The lowest BCUT2D eigenvalue weighted by atomic mass is 10.3. The normalized spacial score (nSPS) is 11.8. The molecule has 0 saturated carbocycles. The summed E-state index contributed by atoms with van der Waals surface area (Å²) < 4.78 is 39.0. The zero-order valence-corrected chi connectivity index (χ0v) is 13.5. The molecule has 3 rings (SSSR count). The first-order valence-electron chi connectivity index (χ1n) is 6.01. The van der Waals surface area contributed by atoms with Crippen LogP contribution in [0.5, 0.6) is 0 Å². The molecule has 5 nitrogen and oxygen atoms in total. The molecule has 0 unspecified atom stereocenters. The molecule has 0 aromatic carbocycles. The molecule has 3 aromatic rings. The lowest BCUT2D eigenvalue weighted by molar-refractivity contribution is -0.137. The van der Waals surface area contributed by atoms with Crippen LogP contribution in [-0.4, -0.2) is 19.9 Å². The maximum atomic E-state index is 12.6. The molecule has 0 atom stereocenters. The lowest BCUT2D eigenvalue weighted by Crippen LogP contribution is -2.11. The van der Waals surface area contributed by atoms with Crippen molar-refractivity contribution in [2.45, 2.75) is 16.4 Å². The van der Waals surface area contributed by atoms with E-state index in [1.165, 1.54) is 16.0 Å². The van der Waals surface area contributed by atoms with Crippen LogP contribution >= 0.6 is 34.7 Å². The van der Waals surface area contributed by atoms with Crippen LogP contribution in [-0.2, 0) is 6.18 Å². The van der Waals surface area contributed by atoms with Crippen LogP contribution in [0.4, 0.5) is 13.2 Å². The van der Waals surface area contributed by atoms with E-state index in [2.05, 4.69) is 15.2 Å². The molecular formula is C12H7ClF3N5S2. The van der Waals surface area contributed by atoms with Crippen molar-refractivity contribution in [2.24, 2.45) is 0 Å². The van der Waals surface area contributed by atoms with Crippen molar-refractivity contribution < 1.29 is 13.2 Å².